The minimum Gasteiger partial charge on any atom is -0.481 e. The van der Waals surface area contributed by atoms with E-state index < -0.39 is 18.0 Å². The van der Waals surface area contributed by atoms with Crippen LogP contribution in [0.1, 0.15) is 128 Å². The fraction of sp³-hybridized carbons (Fsp3) is 0.848. The molecule has 0 unspecified atom stereocenters. The van der Waals surface area contributed by atoms with Crippen molar-refractivity contribution in [2.75, 3.05) is 11.5 Å². The molecule has 3 saturated heterocycles. The van der Waals surface area contributed by atoms with Gasteiger partial charge >= 0.3 is 18.0 Å². The molecule has 14 heteroatoms. The Labute approximate surface area is 294 Å². The summed E-state index contributed by atoms with van der Waals surface area (Å²) in [5.74, 6) is 0.853. The van der Waals surface area contributed by atoms with Gasteiger partial charge in [0.25, 0.3) is 0 Å². The van der Waals surface area contributed by atoms with Gasteiger partial charge in [-0.1, -0.05) is 38.5 Å². The van der Waals surface area contributed by atoms with E-state index in [1.807, 2.05) is 11.8 Å². The van der Waals surface area contributed by atoms with Gasteiger partial charge in [-0.3, -0.25) is 19.2 Å². The third-order valence-electron chi connectivity index (χ3n) is 8.70. The molecule has 0 aromatic rings. The molecule has 0 aromatic heterocycles. The molecule has 0 spiro atoms. The molecule has 3 heterocycles. The zero-order valence-electron chi connectivity index (χ0n) is 27.6. The lowest BCUT2D eigenvalue weighted by molar-refractivity contribution is -0.138. The first-order valence-electron chi connectivity index (χ1n) is 17.2. The van der Waals surface area contributed by atoms with Crippen LogP contribution in [-0.4, -0.2) is 91.2 Å². The van der Waals surface area contributed by atoms with Crippen LogP contribution < -0.4 is 11.1 Å². The molecule has 272 valence electrons. The highest BCUT2D eigenvalue weighted by Gasteiger charge is 2.44. The van der Waals surface area contributed by atoms with Crippen LogP contribution in [0.5, 0.6) is 0 Å². The topological polar surface area (TPSA) is 193 Å². The quantitative estimate of drug-likeness (QED) is 0.0741. The predicted octanol–water partition coefficient (Wildman–Crippen LogP) is 5.90. The number of ether oxygens (including phenoxy) is 1. The molecule has 0 aliphatic carbocycles. The van der Waals surface area contributed by atoms with Crippen LogP contribution in [0.4, 0.5) is 4.79 Å². The minimum absolute atomic E-state index is 0. The zero-order chi connectivity index (χ0) is 33.7. The smallest absolute Gasteiger partial charge is 0.407 e. The average Bonchev–Trinajstić information content (AvgIpc) is 3.66. The maximum atomic E-state index is 11.8. The number of nitrogens with two attached hydrogens (primary N) is 1. The van der Waals surface area contributed by atoms with Crippen LogP contribution in [0.3, 0.4) is 0 Å². The third-order valence-corrected chi connectivity index (χ3v) is 11.7. The number of halogens is 1. The highest BCUT2D eigenvalue weighted by molar-refractivity contribution is 8.00. The summed E-state index contributed by atoms with van der Waals surface area (Å²) in [5.41, 5.74) is 5.77. The van der Waals surface area contributed by atoms with E-state index in [2.05, 4.69) is 5.32 Å². The maximum Gasteiger partial charge on any atom is 0.407 e. The molecular weight excluding hydrogens is 668 g/mol. The van der Waals surface area contributed by atoms with Gasteiger partial charge in [0, 0.05) is 66.6 Å². The Kier molecular flexibility index (Phi) is 23.5. The Morgan fingerprint density at radius 3 is 1.55 bits per heavy atom. The van der Waals surface area contributed by atoms with Gasteiger partial charge in [0.1, 0.15) is 17.7 Å². The van der Waals surface area contributed by atoms with Crippen LogP contribution in [0.2, 0.25) is 0 Å². The average molecular weight is 725 g/mol. The summed E-state index contributed by atoms with van der Waals surface area (Å²) >= 11 is 3.59. The number of carboxylic acid groups (broad SMARTS) is 2. The maximum absolute atomic E-state index is 11.8. The van der Waals surface area contributed by atoms with Crippen LogP contribution >= 0.6 is 35.9 Å². The Morgan fingerprint density at radius 2 is 1.11 bits per heavy atom. The molecule has 0 bridgehead atoms. The lowest BCUT2D eigenvalue weighted by Crippen LogP contribution is -2.36. The number of thioether (sulfide) groups is 2. The largest absolute Gasteiger partial charge is 0.481 e. The van der Waals surface area contributed by atoms with Crippen LogP contribution in [0.25, 0.3) is 0 Å². The molecular formula is C33H57ClN2O9S2. The van der Waals surface area contributed by atoms with Crippen molar-refractivity contribution in [1.82, 2.24) is 5.32 Å². The van der Waals surface area contributed by atoms with E-state index in [-0.39, 0.29) is 54.8 Å². The number of amides is 1. The Balaban J connectivity index is 0.000000462. The first-order chi connectivity index (χ1) is 22.1. The summed E-state index contributed by atoms with van der Waals surface area (Å²) < 4.78 is 5.30. The predicted molar refractivity (Wildman–Crippen MR) is 189 cm³/mol. The number of rotatable bonds is 24. The number of alkyl carbamates (subject to hydrolysis) is 1. The number of unbranched alkanes of at least 4 members (excludes halogenated alkanes) is 8. The number of aliphatic carboxylic acids is 2. The number of hydrogen-bond acceptors (Lipinski definition) is 10. The van der Waals surface area contributed by atoms with E-state index in [4.69, 9.17) is 20.7 Å². The lowest BCUT2D eigenvalue weighted by Gasteiger charge is -2.15. The van der Waals surface area contributed by atoms with Crippen LogP contribution in [0, 0.1) is 0 Å². The van der Waals surface area contributed by atoms with Crippen molar-refractivity contribution in [1.29, 1.82) is 0 Å². The second-order valence-electron chi connectivity index (χ2n) is 12.7. The van der Waals surface area contributed by atoms with Crippen LogP contribution in [0.15, 0.2) is 0 Å². The molecule has 6 atom stereocenters. The molecule has 0 saturated carbocycles. The van der Waals surface area contributed by atoms with Gasteiger partial charge in [-0.15, -0.1) is 12.4 Å². The van der Waals surface area contributed by atoms with E-state index in [0.29, 0.717) is 55.3 Å². The van der Waals surface area contributed by atoms with Crippen molar-refractivity contribution >= 4 is 65.5 Å². The minimum atomic E-state index is -0.749. The number of carbonyl (C=O) groups is 5. The summed E-state index contributed by atoms with van der Waals surface area (Å²) in [6.07, 6.45) is 14.6. The second kappa shape index (κ2) is 25.4. The van der Waals surface area contributed by atoms with E-state index in [9.17, 15) is 29.1 Å². The van der Waals surface area contributed by atoms with Gasteiger partial charge in [-0.05, 0) is 51.4 Å². The summed E-state index contributed by atoms with van der Waals surface area (Å²) in [5, 5.41) is 30.3. The van der Waals surface area contributed by atoms with Gasteiger partial charge in [0.15, 0.2) is 0 Å². The molecule has 0 radical (unpaired) electrons. The number of aliphatic hydroxyl groups is 1. The molecule has 47 heavy (non-hydrogen) atoms. The van der Waals surface area contributed by atoms with Gasteiger partial charge in [-0.2, -0.15) is 23.5 Å². The number of ketones is 2. The molecule has 11 nitrogen and oxygen atoms in total. The Morgan fingerprint density at radius 1 is 0.681 bits per heavy atom. The first kappa shape index (κ1) is 43.5. The third kappa shape index (κ3) is 19.3. The van der Waals surface area contributed by atoms with E-state index >= 15 is 0 Å². The number of fused-ring (bicyclic) bond motifs is 1. The van der Waals surface area contributed by atoms with Crippen molar-refractivity contribution in [3.05, 3.63) is 0 Å². The molecule has 3 aliphatic heterocycles. The molecule has 3 fully saturated rings. The highest BCUT2D eigenvalue weighted by Crippen LogP contribution is 2.36. The molecule has 3 aliphatic rings. The standard InChI is InChI=1S/C17H27NO5S.C16H29NO4S.ClH/c19-12(7-3-1-2-4-10-15(20)21)8-5-6-9-14-16-13(11-24-14)18-17(22)23-16;17-13-11-22-14(16(13)21)9-6-5-8-12(18)7-3-1-2-4-10-15(19)20;/h13-14,16H,1-11H2,(H,18,22)(H,20,21);13-14,16,21H,1-11,17H2,(H,19,20);1H/t2*13-,14-,16-;/m00./s1. The number of hydrogen-bond donors (Lipinski definition) is 5. The van der Waals surface area contributed by atoms with E-state index in [0.717, 1.165) is 88.6 Å². The summed E-state index contributed by atoms with van der Waals surface area (Å²) in [6, 6.07) is 0.0630. The van der Waals surface area contributed by atoms with Crippen molar-refractivity contribution in [2.24, 2.45) is 5.73 Å². The van der Waals surface area contributed by atoms with Crippen LogP contribution in [-0.2, 0) is 23.9 Å². The molecule has 0 aromatic carbocycles. The zero-order valence-corrected chi connectivity index (χ0v) is 30.1. The number of Topliss-reactive ketones (excluding diaryl/α,β-unsaturated/α-hetero) is 2. The fourth-order valence-corrected chi connectivity index (χ4v) is 8.86. The van der Waals surface area contributed by atoms with Gasteiger partial charge in [0.05, 0.1) is 12.1 Å². The normalized spacial score (nSPS) is 24.3. The molecule has 6 N–H and O–H groups in total. The first-order valence-corrected chi connectivity index (χ1v) is 19.3. The number of carbonyl (C=O) groups excluding carboxylic acids is 3. The monoisotopic (exact) mass is 724 g/mol. The van der Waals surface area contributed by atoms with Gasteiger partial charge in [0.2, 0.25) is 0 Å². The Bertz CT molecular complexity index is 961. The SMILES string of the molecule is Cl.N[C@H]1CS[C@@H](CCCCC(=O)CCCCCCC(=O)O)[C@H]1O.O=C(O)CCCCCCC(=O)CCCC[C@@H]1SC[C@@H]2NC(=O)O[C@@H]21. The number of nitrogens with one attached hydrogen (secondary N) is 1. The summed E-state index contributed by atoms with van der Waals surface area (Å²) in [6.45, 7) is 0. The second-order valence-corrected chi connectivity index (χ2v) is 15.2. The lowest BCUT2D eigenvalue weighted by atomic mass is 10.0. The van der Waals surface area contributed by atoms with Crippen molar-refractivity contribution < 1.29 is 44.0 Å². The number of aliphatic hydroxyl groups excluding tert-OH is 1. The fourth-order valence-electron chi connectivity index (χ4n) is 5.97. The van der Waals surface area contributed by atoms with Gasteiger partial charge < -0.3 is 31.1 Å². The van der Waals surface area contributed by atoms with Crippen molar-refractivity contribution in [3.63, 3.8) is 0 Å². The molecule has 1 amide bonds. The number of carboxylic acids is 2. The van der Waals surface area contributed by atoms with E-state index in [1.165, 1.54) is 0 Å². The highest BCUT2D eigenvalue weighted by atomic mass is 35.5. The molecule has 3 rings (SSSR count). The Hall–Kier alpha value is -1.54. The van der Waals surface area contributed by atoms with E-state index in [1.54, 1.807) is 11.8 Å². The van der Waals surface area contributed by atoms with Gasteiger partial charge in [-0.25, -0.2) is 4.79 Å². The van der Waals surface area contributed by atoms with Crippen molar-refractivity contribution in [2.45, 2.75) is 163 Å². The van der Waals surface area contributed by atoms with Crippen molar-refractivity contribution in [3.8, 4) is 0 Å². The summed E-state index contributed by atoms with van der Waals surface area (Å²) in [4.78, 5) is 55.5. The summed E-state index contributed by atoms with van der Waals surface area (Å²) in [7, 11) is 0.